The van der Waals surface area contributed by atoms with Crippen molar-refractivity contribution in [1.29, 1.82) is 0 Å². The minimum absolute atomic E-state index is 0.143. The molecule has 0 spiro atoms. The Morgan fingerprint density at radius 2 is 1.95 bits per heavy atom. The third-order valence-electron chi connectivity index (χ3n) is 3.52. The number of nitrogens with zero attached hydrogens (tertiary/aromatic N) is 2. The lowest BCUT2D eigenvalue weighted by Crippen LogP contribution is -1.98. The fraction of sp³-hybridized carbons (Fsp3) is 0.176. The van der Waals surface area contributed by atoms with Gasteiger partial charge in [0.25, 0.3) is 0 Å². The van der Waals surface area contributed by atoms with Crippen molar-refractivity contribution >= 4 is 34.1 Å². The number of rotatable bonds is 2. The molecule has 1 aromatic carbocycles. The summed E-state index contributed by atoms with van der Waals surface area (Å²) in [6.07, 6.45) is 1.77. The number of alkyl halides is 1. The molecule has 1 unspecified atom stereocenters. The predicted molar refractivity (Wildman–Crippen MR) is 89.0 cm³/mol. The van der Waals surface area contributed by atoms with Gasteiger partial charge in [-0.2, -0.15) is 0 Å². The molecule has 4 heteroatoms. The van der Waals surface area contributed by atoms with Crippen LogP contribution in [0, 0.1) is 6.92 Å². The molecule has 3 rings (SSSR count). The molecule has 0 saturated heterocycles. The Kier molecular flexibility index (Phi) is 3.83. The van der Waals surface area contributed by atoms with Gasteiger partial charge in [0.05, 0.1) is 21.6 Å². The number of aryl methyl sites for hydroxylation is 1. The lowest BCUT2D eigenvalue weighted by Gasteiger charge is -2.14. The topological polar surface area (TPSA) is 25.8 Å². The van der Waals surface area contributed by atoms with Gasteiger partial charge in [0, 0.05) is 22.8 Å². The molecule has 0 amide bonds. The van der Waals surface area contributed by atoms with Gasteiger partial charge >= 0.3 is 0 Å². The molecule has 0 aliphatic heterocycles. The van der Waals surface area contributed by atoms with E-state index in [0.29, 0.717) is 5.02 Å². The van der Waals surface area contributed by atoms with Crippen molar-refractivity contribution in [2.75, 3.05) is 0 Å². The molecule has 0 aliphatic rings. The number of halogens is 2. The first-order valence-corrected chi connectivity index (χ1v) is 7.54. The summed E-state index contributed by atoms with van der Waals surface area (Å²) in [4.78, 5) is 9.11. The highest BCUT2D eigenvalue weighted by Crippen LogP contribution is 2.35. The highest BCUT2D eigenvalue weighted by molar-refractivity contribution is 6.35. The molecule has 2 aromatic heterocycles. The molecule has 106 valence electrons. The molecular weight excluding hydrogens is 303 g/mol. The van der Waals surface area contributed by atoms with Crippen LogP contribution in [0.25, 0.3) is 22.2 Å². The van der Waals surface area contributed by atoms with E-state index < -0.39 is 0 Å². The Hall–Kier alpha value is -1.64. The number of benzene rings is 1. The maximum Gasteiger partial charge on any atom is 0.0895 e. The Morgan fingerprint density at radius 3 is 2.67 bits per heavy atom. The van der Waals surface area contributed by atoms with Crippen LogP contribution in [-0.4, -0.2) is 9.97 Å². The maximum absolute atomic E-state index is 6.36. The van der Waals surface area contributed by atoms with Crippen LogP contribution in [0.5, 0.6) is 0 Å². The molecule has 0 aliphatic carbocycles. The van der Waals surface area contributed by atoms with Gasteiger partial charge in [0.15, 0.2) is 0 Å². The van der Waals surface area contributed by atoms with Gasteiger partial charge in [-0.05, 0) is 43.7 Å². The number of para-hydroxylation sites is 1. The van der Waals surface area contributed by atoms with Gasteiger partial charge in [-0.3, -0.25) is 4.98 Å². The molecular formula is C17H14Cl2N2. The van der Waals surface area contributed by atoms with Crippen molar-refractivity contribution in [1.82, 2.24) is 9.97 Å². The monoisotopic (exact) mass is 316 g/mol. The van der Waals surface area contributed by atoms with E-state index in [1.165, 1.54) is 0 Å². The van der Waals surface area contributed by atoms with Gasteiger partial charge in [-0.15, -0.1) is 11.6 Å². The van der Waals surface area contributed by atoms with Crippen molar-refractivity contribution in [2.45, 2.75) is 19.2 Å². The lowest BCUT2D eigenvalue weighted by atomic mass is 10.0. The number of fused-ring (bicyclic) bond motifs is 1. The van der Waals surface area contributed by atoms with Gasteiger partial charge in [0.1, 0.15) is 0 Å². The van der Waals surface area contributed by atoms with Gasteiger partial charge in [-0.1, -0.05) is 23.7 Å². The fourth-order valence-electron chi connectivity index (χ4n) is 2.43. The Morgan fingerprint density at radius 1 is 1.14 bits per heavy atom. The summed E-state index contributed by atoms with van der Waals surface area (Å²) >= 11 is 12.6. The average Bonchev–Trinajstić information content (AvgIpc) is 2.47. The van der Waals surface area contributed by atoms with Crippen molar-refractivity contribution < 1.29 is 0 Å². The second kappa shape index (κ2) is 5.63. The maximum atomic E-state index is 6.36. The molecule has 0 saturated carbocycles. The summed E-state index contributed by atoms with van der Waals surface area (Å²) in [5.41, 5.74) is 4.54. The summed E-state index contributed by atoms with van der Waals surface area (Å²) in [6.45, 7) is 3.92. The standard InChI is InChI=1S/C17H14Cl2N2/c1-10(18)14-9-12-5-3-7-15(19)16(12)21-17(14)13-6-4-8-20-11(13)2/h3-10H,1-2H3. The van der Waals surface area contributed by atoms with Crippen LogP contribution in [0.3, 0.4) is 0 Å². The van der Waals surface area contributed by atoms with Crippen molar-refractivity contribution in [2.24, 2.45) is 0 Å². The molecule has 21 heavy (non-hydrogen) atoms. The molecule has 0 fully saturated rings. The van der Waals surface area contributed by atoms with E-state index in [0.717, 1.165) is 33.4 Å². The number of hydrogen-bond donors (Lipinski definition) is 0. The minimum Gasteiger partial charge on any atom is -0.261 e. The minimum atomic E-state index is -0.143. The van der Waals surface area contributed by atoms with E-state index in [9.17, 15) is 0 Å². The molecule has 0 bridgehead atoms. The first kappa shape index (κ1) is 14.3. The quantitative estimate of drug-likeness (QED) is 0.578. The van der Waals surface area contributed by atoms with Gasteiger partial charge < -0.3 is 0 Å². The molecule has 0 N–H and O–H groups in total. The number of aromatic nitrogens is 2. The highest BCUT2D eigenvalue weighted by Gasteiger charge is 2.16. The first-order valence-electron chi connectivity index (χ1n) is 6.73. The van der Waals surface area contributed by atoms with Crippen LogP contribution in [-0.2, 0) is 0 Å². The number of pyridine rings is 2. The molecule has 0 radical (unpaired) electrons. The zero-order chi connectivity index (χ0) is 15.0. The highest BCUT2D eigenvalue weighted by atomic mass is 35.5. The predicted octanol–water partition coefficient (Wildman–Crippen LogP) is 5.56. The third-order valence-corrected chi connectivity index (χ3v) is 4.06. The first-order chi connectivity index (χ1) is 10.1. The van der Waals surface area contributed by atoms with Crippen LogP contribution in [0.15, 0.2) is 42.6 Å². The third kappa shape index (κ3) is 2.61. The van der Waals surface area contributed by atoms with Crippen LogP contribution >= 0.6 is 23.2 Å². The summed E-state index contributed by atoms with van der Waals surface area (Å²) in [5, 5.41) is 1.50. The molecule has 1 atom stereocenters. The molecule has 2 heterocycles. The second-order valence-electron chi connectivity index (χ2n) is 4.99. The normalized spacial score (nSPS) is 12.6. The van der Waals surface area contributed by atoms with Crippen LogP contribution in [0.4, 0.5) is 0 Å². The fourth-order valence-corrected chi connectivity index (χ4v) is 2.82. The van der Waals surface area contributed by atoms with Crippen molar-refractivity contribution in [3.05, 3.63) is 58.9 Å². The Bertz CT molecular complexity index is 813. The van der Waals surface area contributed by atoms with Crippen molar-refractivity contribution in [3.8, 4) is 11.3 Å². The summed E-state index contributed by atoms with van der Waals surface area (Å²) in [5.74, 6) is 0. The van der Waals surface area contributed by atoms with Gasteiger partial charge in [-0.25, -0.2) is 4.98 Å². The SMILES string of the molecule is Cc1ncccc1-c1nc2c(Cl)cccc2cc1C(C)Cl. The zero-order valence-electron chi connectivity index (χ0n) is 11.8. The summed E-state index contributed by atoms with van der Waals surface area (Å²) in [7, 11) is 0. The zero-order valence-corrected chi connectivity index (χ0v) is 13.3. The molecule has 3 aromatic rings. The second-order valence-corrected chi connectivity index (χ2v) is 6.05. The van der Waals surface area contributed by atoms with E-state index in [2.05, 4.69) is 11.1 Å². The Labute approximate surface area is 133 Å². The van der Waals surface area contributed by atoms with E-state index in [-0.39, 0.29) is 5.38 Å². The van der Waals surface area contributed by atoms with E-state index in [4.69, 9.17) is 28.2 Å². The van der Waals surface area contributed by atoms with Crippen LogP contribution in [0.1, 0.15) is 23.6 Å². The average molecular weight is 317 g/mol. The van der Waals surface area contributed by atoms with E-state index >= 15 is 0 Å². The summed E-state index contributed by atoms with van der Waals surface area (Å²) < 4.78 is 0. The smallest absolute Gasteiger partial charge is 0.0895 e. The van der Waals surface area contributed by atoms with E-state index in [1.54, 1.807) is 6.20 Å². The van der Waals surface area contributed by atoms with Crippen LogP contribution in [0.2, 0.25) is 5.02 Å². The van der Waals surface area contributed by atoms with Crippen molar-refractivity contribution in [3.63, 3.8) is 0 Å². The van der Waals surface area contributed by atoms with Crippen LogP contribution < -0.4 is 0 Å². The lowest BCUT2D eigenvalue weighted by molar-refractivity contribution is 1.07. The summed E-state index contributed by atoms with van der Waals surface area (Å²) in [6, 6.07) is 11.7. The van der Waals surface area contributed by atoms with E-state index in [1.807, 2.05) is 44.2 Å². The molecule has 2 nitrogen and oxygen atoms in total. The Balaban J connectivity index is 2.37. The largest absolute Gasteiger partial charge is 0.261 e. The van der Waals surface area contributed by atoms with Gasteiger partial charge in [0.2, 0.25) is 0 Å². The number of hydrogen-bond acceptors (Lipinski definition) is 2.